The van der Waals surface area contributed by atoms with Crippen molar-refractivity contribution in [1.82, 2.24) is 9.97 Å². The second-order valence-electron chi connectivity index (χ2n) is 7.15. The first kappa shape index (κ1) is 16.6. The Morgan fingerprint density at radius 1 is 1.31 bits per heavy atom. The summed E-state index contributed by atoms with van der Waals surface area (Å²) < 4.78 is 5.38. The molecule has 136 valence electrons. The van der Waals surface area contributed by atoms with Crippen LogP contribution in [0.1, 0.15) is 19.8 Å². The van der Waals surface area contributed by atoms with Gasteiger partial charge in [0.05, 0.1) is 11.9 Å². The lowest BCUT2D eigenvalue weighted by molar-refractivity contribution is -0.118. The van der Waals surface area contributed by atoms with E-state index in [1.807, 2.05) is 6.07 Å². The number of amides is 1. The molecule has 1 aromatic carbocycles. The van der Waals surface area contributed by atoms with Gasteiger partial charge in [0.2, 0.25) is 0 Å². The lowest BCUT2D eigenvalue weighted by atomic mass is 9.91. The van der Waals surface area contributed by atoms with Crippen molar-refractivity contribution in [3.63, 3.8) is 0 Å². The Bertz CT molecular complexity index is 857. The summed E-state index contributed by atoms with van der Waals surface area (Å²) in [4.78, 5) is 22.7. The highest BCUT2D eigenvalue weighted by molar-refractivity contribution is 5.96. The number of rotatable bonds is 2. The molecule has 4 rings (SSSR count). The van der Waals surface area contributed by atoms with Gasteiger partial charge in [-0.05, 0) is 38.0 Å². The van der Waals surface area contributed by atoms with E-state index in [0.717, 1.165) is 37.3 Å². The Kier molecular flexibility index (Phi) is 3.91. The van der Waals surface area contributed by atoms with Gasteiger partial charge in [0.25, 0.3) is 5.91 Å². The van der Waals surface area contributed by atoms with Crippen LogP contribution in [0.2, 0.25) is 0 Å². The summed E-state index contributed by atoms with van der Waals surface area (Å²) >= 11 is 0. The minimum atomic E-state index is -0.180. The fraction of sp³-hybridized carbons (Fsp3) is 0.389. The molecular weight excluding hydrogens is 332 g/mol. The molecule has 8 nitrogen and oxygen atoms in total. The first-order valence-electron chi connectivity index (χ1n) is 8.65. The van der Waals surface area contributed by atoms with E-state index in [9.17, 15) is 4.79 Å². The van der Waals surface area contributed by atoms with Crippen LogP contribution in [-0.4, -0.2) is 41.1 Å². The number of carbonyl (C=O) groups is 1. The van der Waals surface area contributed by atoms with Crippen LogP contribution in [0.15, 0.2) is 24.4 Å². The van der Waals surface area contributed by atoms with Crippen LogP contribution in [-0.2, 0) is 4.79 Å². The Morgan fingerprint density at radius 2 is 2.08 bits per heavy atom. The minimum absolute atomic E-state index is 0.0284. The molecule has 26 heavy (non-hydrogen) atoms. The zero-order valence-corrected chi connectivity index (χ0v) is 14.7. The molecule has 0 atom stereocenters. The van der Waals surface area contributed by atoms with Crippen molar-refractivity contribution in [1.29, 1.82) is 0 Å². The highest BCUT2D eigenvalue weighted by Crippen LogP contribution is 2.34. The summed E-state index contributed by atoms with van der Waals surface area (Å²) in [6.07, 6.45) is 3.54. The largest absolute Gasteiger partial charge is 0.482 e. The number of benzene rings is 1. The summed E-state index contributed by atoms with van der Waals surface area (Å²) in [5.41, 5.74) is 14.2. The molecule has 8 heteroatoms. The van der Waals surface area contributed by atoms with Crippen molar-refractivity contribution in [2.75, 3.05) is 35.6 Å². The molecule has 0 radical (unpaired) electrons. The van der Waals surface area contributed by atoms with Gasteiger partial charge in [-0.15, -0.1) is 0 Å². The molecule has 5 N–H and O–H groups in total. The Morgan fingerprint density at radius 3 is 2.81 bits per heavy atom. The van der Waals surface area contributed by atoms with Gasteiger partial charge in [0.1, 0.15) is 17.3 Å². The van der Waals surface area contributed by atoms with Crippen molar-refractivity contribution < 1.29 is 9.53 Å². The quantitative estimate of drug-likeness (QED) is 0.745. The van der Waals surface area contributed by atoms with Crippen LogP contribution in [0.25, 0.3) is 11.3 Å². The Balaban J connectivity index is 1.59. The first-order chi connectivity index (χ1) is 12.4. The van der Waals surface area contributed by atoms with E-state index in [0.29, 0.717) is 22.9 Å². The maximum absolute atomic E-state index is 11.5. The fourth-order valence-electron chi connectivity index (χ4n) is 3.25. The van der Waals surface area contributed by atoms with Crippen LogP contribution >= 0.6 is 0 Å². The Labute approximate surface area is 151 Å². The molecule has 0 spiro atoms. The molecule has 1 aromatic heterocycles. The average molecular weight is 354 g/mol. The van der Waals surface area contributed by atoms with E-state index < -0.39 is 0 Å². The normalized spacial score (nSPS) is 18.7. The monoisotopic (exact) mass is 354 g/mol. The number of piperidine rings is 1. The number of nitrogens with zero attached hydrogens (tertiary/aromatic N) is 3. The van der Waals surface area contributed by atoms with Crippen LogP contribution in [0.4, 0.5) is 17.3 Å². The summed E-state index contributed by atoms with van der Waals surface area (Å²) in [7, 11) is 0. The topological polar surface area (TPSA) is 119 Å². The molecule has 1 amide bonds. The predicted molar refractivity (Wildman–Crippen MR) is 100 cm³/mol. The Hall–Kier alpha value is -2.87. The fourth-order valence-corrected chi connectivity index (χ4v) is 3.25. The smallest absolute Gasteiger partial charge is 0.262 e. The van der Waals surface area contributed by atoms with E-state index in [-0.39, 0.29) is 18.1 Å². The molecule has 1 saturated heterocycles. The number of nitrogens with one attached hydrogen (secondary N) is 1. The second kappa shape index (κ2) is 6.14. The first-order valence-corrected chi connectivity index (χ1v) is 8.65. The number of hydrogen-bond acceptors (Lipinski definition) is 7. The number of aromatic nitrogens is 2. The van der Waals surface area contributed by atoms with Gasteiger partial charge < -0.3 is 26.4 Å². The molecular formula is C18H22N6O2. The van der Waals surface area contributed by atoms with Crippen LogP contribution in [0.5, 0.6) is 5.75 Å². The van der Waals surface area contributed by atoms with Gasteiger partial charge in [0.15, 0.2) is 12.4 Å². The van der Waals surface area contributed by atoms with Gasteiger partial charge in [-0.1, -0.05) is 0 Å². The second-order valence-corrected chi connectivity index (χ2v) is 7.15. The van der Waals surface area contributed by atoms with E-state index >= 15 is 0 Å². The van der Waals surface area contributed by atoms with E-state index in [1.165, 1.54) is 0 Å². The number of anilines is 3. The summed E-state index contributed by atoms with van der Waals surface area (Å²) in [6, 6.07) is 5.45. The predicted octanol–water partition coefficient (Wildman–Crippen LogP) is 1.37. The van der Waals surface area contributed by atoms with Crippen molar-refractivity contribution in [3.05, 3.63) is 24.4 Å². The maximum Gasteiger partial charge on any atom is 0.262 e. The molecule has 1 fully saturated rings. The van der Waals surface area contributed by atoms with Crippen LogP contribution in [0, 0.1) is 0 Å². The van der Waals surface area contributed by atoms with Gasteiger partial charge in [-0.3, -0.25) is 4.79 Å². The van der Waals surface area contributed by atoms with Crippen LogP contribution in [0.3, 0.4) is 0 Å². The number of nitrogen functional groups attached to an aromatic ring is 1. The molecule has 0 saturated carbocycles. The van der Waals surface area contributed by atoms with Gasteiger partial charge in [-0.25, -0.2) is 9.97 Å². The molecule has 2 aliphatic rings. The SMILES string of the molecule is CC1(N)CCN(c2cnc(-c3ccc4c(c3)NC(=O)CO4)c(N)n2)CC1. The standard InChI is InChI=1S/C18H22N6O2/c1-18(20)4-6-24(7-5-18)14-9-21-16(17(19)23-14)11-2-3-13-12(8-11)22-15(25)10-26-13/h2-3,8-9H,4-7,10,20H2,1H3,(H2,19,23)(H,22,25). The highest BCUT2D eigenvalue weighted by atomic mass is 16.5. The highest BCUT2D eigenvalue weighted by Gasteiger charge is 2.27. The summed E-state index contributed by atoms with van der Waals surface area (Å²) in [5, 5.41) is 2.79. The average Bonchev–Trinajstić information content (AvgIpc) is 2.61. The summed E-state index contributed by atoms with van der Waals surface area (Å²) in [5.74, 6) is 1.57. The number of carbonyl (C=O) groups excluding carboxylic acids is 1. The van der Waals surface area contributed by atoms with Gasteiger partial charge in [-0.2, -0.15) is 0 Å². The third-order valence-corrected chi connectivity index (χ3v) is 4.90. The number of hydrogen-bond donors (Lipinski definition) is 3. The molecule has 0 unspecified atom stereocenters. The number of nitrogens with two attached hydrogens (primary N) is 2. The van der Waals surface area contributed by atoms with Crippen molar-refractivity contribution in [2.45, 2.75) is 25.3 Å². The van der Waals surface area contributed by atoms with Gasteiger partial charge in [0, 0.05) is 24.2 Å². The maximum atomic E-state index is 11.5. The number of fused-ring (bicyclic) bond motifs is 1. The van der Waals surface area contributed by atoms with E-state index in [2.05, 4.69) is 27.1 Å². The van der Waals surface area contributed by atoms with E-state index in [1.54, 1.807) is 18.3 Å². The van der Waals surface area contributed by atoms with Gasteiger partial charge >= 0.3 is 0 Å². The van der Waals surface area contributed by atoms with Crippen molar-refractivity contribution in [3.8, 4) is 17.0 Å². The third-order valence-electron chi connectivity index (χ3n) is 4.90. The molecule has 3 heterocycles. The molecule has 0 bridgehead atoms. The molecule has 2 aromatic rings. The van der Waals surface area contributed by atoms with Crippen molar-refractivity contribution >= 4 is 23.2 Å². The number of ether oxygens (including phenoxy) is 1. The van der Waals surface area contributed by atoms with Crippen LogP contribution < -0.4 is 26.4 Å². The zero-order valence-electron chi connectivity index (χ0n) is 14.7. The lowest BCUT2D eigenvalue weighted by Crippen LogP contribution is -2.48. The summed E-state index contributed by atoms with van der Waals surface area (Å²) in [6.45, 7) is 3.78. The lowest BCUT2D eigenvalue weighted by Gasteiger charge is -2.37. The molecule has 0 aliphatic carbocycles. The minimum Gasteiger partial charge on any atom is -0.482 e. The van der Waals surface area contributed by atoms with Crippen molar-refractivity contribution in [2.24, 2.45) is 5.73 Å². The zero-order chi connectivity index (χ0) is 18.3. The van der Waals surface area contributed by atoms with E-state index in [4.69, 9.17) is 16.2 Å². The third kappa shape index (κ3) is 3.15. The molecule has 2 aliphatic heterocycles.